The van der Waals surface area contributed by atoms with Gasteiger partial charge in [0.25, 0.3) is 0 Å². The highest BCUT2D eigenvalue weighted by molar-refractivity contribution is 7.99. The van der Waals surface area contributed by atoms with E-state index in [9.17, 15) is 0 Å². The molecule has 1 aromatic carbocycles. The first kappa shape index (κ1) is 15.3. The Labute approximate surface area is 116 Å². The summed E-state index contributed by atoms with van der Waals surface area (Å²) in [7, 11) is 0. The molecule has 2 heteroatoms. The average molecular weight is 263 g/mol. The zero-order chi connectivity index (χ0) is 13.2. The van der Waals surface area contributed by atoms with Crippen molar-refractivity contribution in [1.29, 1.82) is 0 Å². The zero-order valence-electron chi connectivity index (χ0n) is 11.4. The number of aryl methyl sites for hydroxylation is 1. The van der Waals surface area contributed by atoms with Crippen molar-refractivity contribution in [1.82, 2.24) is 0 Å². The number of hydrogen-bond acceptors (Lipinski definition) is 2. The Morgan fingerprint density at radius 3 is 2.78 bits per heavy atom. The molecule has 0 saturated heterocycles. The average Bonchev–Trinajstić information content (AvgIpc) is 2.37. The molecule has 0 aliphatic heterocycles. The van der Waals surface area contributed by atoms with Crippen LogP contribution in [0.25, 0.3) is 0 Å². The third-order valence-electron chi connectivity index (χ3n) is 3.03. The quantitative estimate of drug-likeness (QED) is 0.402. The highest BCUT2D eigenvalue weighted by Crippen LogP contribution is 2.23. The molecule has 0 bridgehead atoms. The van der Waals surface area contributed by atoms with Gasteiger partial charge in [-0.1, -0.05) is 37.1 Å². The molecule has 0 aliphatic carbocycles. The predicted octanol–water partition coefficient (Wildman–Crippen LogP) is 4.55. The van der Waals surface area contributed by atoms with Gasteiger partial charge < -0.3 is 5.73 Å². The molecule has 0 aliphatic rings. The molecule has 0 radical (unpaired) electrons. The van der Waals surface area contributed by atoms with Crippen molar-refractivity contribution >= 4 is 11.8 Å². The van der Waals surface area contributed by atoms with Gasteiger partial charge in [0.2, 0.25) is 0 Å². The van der Waals surface area contributed by atoms with Crippen molar-refractivity contribution in [2.45, 2.75) is 50.0 Å². The first-order valence-electron chi connectivity index (χ1n) is 6.79. The second-order valence-corrected chi connectivity index (χ2v) is 5.83. The maximum Gasteiger partial charge on any atom is 0.0133 e. The van der Waals surface area contributed by atoms with Gasteiger partial charge in [-0.25, -0.2) is 0 Å². The van der Waals surface area contributed by atoms with E-state index in [1.54, 1.807) is 0 Å². The fourth-order valence-electron chi connectivity index (χ4n) is 1.87. The number of benzene rings is 1. The molecule has 18 heavy (non-hydrogen) atoms. The third kappa shape index (κ3) is 6.27. The number of thioether (sulfide) groups is 1. The molecule has 0 heterocycles. The van der Waals surface area contributed by atoms with Gasteiger partial charge in [0.05, 0.1) is 0 Å². The molecule has 2 N–H and O–H groups in total. The normalized spacial score (nSPS) is 12.3. The summed E-state index contributed by atoms with van der Waals surface area (Å²) in [5, 5.41) is 0. The zero-order valence-corrected chi connectivity index (χ0v) is 12.2. The second kappa shape index (κ2) is 9.23. The van der Waals surface area contributed by atoms with Crippen LogP contribution in [0.5, 0.6) is 0 Å². The maximum atomic E-state index is 6.15. The van der Waals surface area contributed by atoms with Crippen LogP contribution in [0.15, 0.2) is 41.8 Å². The van der Waals surface area contributed by atoms with Crippen LogP contribution in [-0.2, 0) is 0 Å². The van der Waals surface area contributed by atoms with Crippen molar-refractivity contribution in [2.75, 3.05) is 5.75 Å². The summed E-state index contributed by atoms with van der Waals surface area (Å²) in [6.07, 6.45) is 8.02. The van der Waals surface area contributed by atoms with Gasteiger partial charge in [-0.05, 0) is 37.8 Å². The molecule has 1 nitrogen and oxygen atoms in total. The summed E-state index contributed by atoms with van der Waals surface area (Å²) in [5.74, 6) is 1.02. The maximum absolute atomic E-state index is 6.15. The Bertz CT molecular complexity index is 349. The molecule has 1 rings (SSSR count). The van der Waals surface area contributed by atoms with Crippen molar-refractivity contribution in [3.8, 4) is 0 Å². The highest BCUT2D eigenvalue weighted by Gasteiger charge is 2.04. The fraction of sp³-hybridized carbons (Fsp3) is 0.500. The van der Waals surface area contributed by atoms with Crippen molar-refractivity contribution in [3.63, 3.8) is 0 Å². The molecule has 1 unspecified atom stereocenters. The standard InChI is InChI=1S/C16H25NS/c1-3-4-5-6-7-11-15(17)13-18-16-12-9-8-10-14(16)2/h3,8-10,12,15H,1,4-7,11,13,17H2,2H3. The van der Waals surface area contributed by atoms with E-state index in [1.165, 1.54) is 29.7 Å². The lowest BCUT2D eigenvalue weighted by atomic mass is 10.1. The monoisotopic (exact) mass is 263 g/mol. The van der Waals surface area contributed by atoms with Gasteiger partial charge in [0.1, 0.15) is 0 Å². The van der Waals surface area contributed by atoms with Gasteiger partial charge >= 0.3 is 0 Å². The first-order valence-corrected chi connectivity index (χ1v) is 7.77. The van der Waals surface area contributed by atoms with Crippen LogP contribution in [0.2, 0.25) is 0 Å². The second-order valence-electron chi connectivity index (χ2n) is 4.76. The van der Waals surface area contributed by atoms with Gasteiger partial charge in [-0.15, -0.1) is 18.3 Å². The Hall–Kier alpha value is -0.730. The Morgan fingerprint density at radius 2 is 2.06 bits per heavy atom. The number of unbranched alkanes of at least 4 members (excludes halogenated alkanes) is 3. The lowest BCUT2D eigenvalue weighted by molar-refractivity contribution is 0.587. The van der Waals surface area contributed by atoms with Crippen LogP contribution in [0.1, 0.15) is 37.7 Å². The number of rotatable bonds is 9. The minimum atomic E-state index is 0.318. The summed E-state index contributed by atoms with van der Waals surface area (Å²) < 4.78 is 0. The van der Waals surface area contributed by atoms with Crippen LogP contribution >= 0.6 is 11.8 Å². The van der Waals surface area contributed by atoms with E-state index in [1.807, 2.05) is 17.8 Å². The summed E-state index contributed by atoms with van der Waals surface area (Å²) in [5.41, 5.74) is 7.49. The molecule has 0 aromatic heterocycles. The van der Waals surface area contributed by atoms with Crippen molar-refractivity contribution in [3.05, 3.63) is 42.5 Å². The van der Waals surface area contributed by atoms with E-state index in [0.29, 0.717) is 6.04 Å². The number of allylic oxidation sites excluding steroid dienone is 1. The van der Waals surface area contributed by atoms with Gasteiger partial charge in [0.15, 0.2) is 0 Å². The molecule has 0 amide bonds. The molecule has 0 saturated carbocycles. The summed E-state index contributed by atoms with van der Waals surface area (Å²) >= 11 is 1.88. The molecule has 0 spiro atoms. The molecule has 100 valence electrons. The minimum absolute atomic E-state index is 0.318. The largest absolute Gasteiger partial charge is 0.327 e. The van der Waals surface area contributed by atoms with E-state index in [2.05, 4.69) is 37.8 Å². The summed E-state index contributed by atoms with van der Waals surface area (Å²) in [6, 6.07) is 8.83. The Morgan fingerprint density at radius 1 is 1.28 bits per heavy atom. The van der Waals surface area contributed by atoms with Crippen molar-refractivity contribution in [2.24, 2.45) is 5.73 Å². The van der Waals surface area contributed by atoms with E-state index < -0.39 is 0 Å². The minimum Gasteiger partial charge on any atom is -0.327 e. The fourth-order valence-corrected chi connectivity index (χ4v) is 2.90. The van der Waals surface area contributed by atoms with E-state index in [0.717, 1.165) is 18.6 Å². The topological polar surface area (TPSA) is 26.0 Å². The highest BCUT2D eigenvalue weighted by atomic mass is 32.2. The van der Waals surface area contributed by atoms with E-state index >= 15 is 0 Å². The van der Waals surface area contributed by atoms with Crippen molar-refractivity contribution < 1.29 is 0 Å². The Kier molecular flexibility index (Phi) is 7.86. The molecule has 1 atom stereocenters. The molecular formula is C16H25NS. The van der Waals surface area contributed by atoms with Crippen LogP contribution in [0.3, 0.4) is 0 Å². The smallest absolute Gasteiger partial charge is 0.0133 e. The van der Waals surface area contributed by atoms with Crippen LogP contribution in [-0.4, -0.2) is 11.8 Å². The lowest BCUT2D eigenvalue weighted by Gasteiger charge is -2.12. The first-order chi connectivity index (χ1) is 8.74. The Balaban J connectivity index is 2.15. The SMILES string of the molecule is C=CCCCCCC(N)CSc1ccccc1C. The third-order valence-corrected chi connectivity index (χ3v) is 4.39. The van der Waals surface area contributed by atoms with E-state index in [-0.39, 0.29) is 0 Å². The van der Waals surface area contributed by atoms with Gasteiger partial charge in [-0.2, -0.15) is 0 Å². The van der Waals surface area contributed by atoms with Crippen LogP contribution < -0.4 is 5.73 Å². The summed E-state index contributed by atoms with van der Waals surface area (Å²) in [4.78, 5) is 1.36. The lowest BCUT2D eigenvalue weighted by Crippen LogP contribution is -2.22. The van der Waals surface area contributed by atoms with E-state index in [4.69, 9.17) is 5.73 Å². The number of hydrogen-bond donors (Lipinski definition) is 1. The molecule has 0 fully saturated rings. The van der Waals surface area contributed by atoms with Gasteiger partial charge in [0, 0.05) is 16.7 Å². The molecular weight excluding hydrogens is 238 g/mol. The summed E-state index contributed by atoms with van der Waals surface area (Å²) in [6.45, 7) is 5.89. The van der Waals surface area contributed by atoms with Crippen LogP contribution in [0, 0.1) is 6.92 Å². The van der Waals surface area contributed by atoms with Crippen LogP contribution in [0.4, 0.5) is 0 Å². The van der Waals surface area contributed by atoms with Gasteiger partial charge in [-0.3, -0.25) is 0 Å². The molecule has 1 aromatic rings. The predicted molar refractivity (Wildman–Crippen MR) is 83.2 cm³/mol. The number of nitrogens with two attached hydrogens (primary N) is 1.